The van der Waals surface area contributed by atoms with Crippen molar-refractivity contribution in [1.82, 2.24) is 0 Å². The Kier molecular flexibility index (Phi) is 4.03. The van der Waals surface area contributed by atoms with E-state index < -0.39 is 12.0 Å². The number of hydrogen-bond donors (Lipinski definition) is 1. The maximum absolute atomic E-state index is 12.8. The number of hydrogen-bond acceptors (Lipinski definition) is 2. The van der Waals surface area contributed by atoms with Gasteiger partial charge in [-0.3, -0.25) is 0 Å². The number of rotatable bonds is 2. The van der Waals surface area contributed by atoms with E-state index in [1.54, 1.807) is 0 Å². The van der Waals surface area contributed by atoms with E-state index in [1.807, 2.05) is 0 Å². The second kappa shape index (κ2) is 5.19. The zero-order chi connectivity index (χ0) is 12.5. The SMILES string of the molecule is CC1CCC(C2CCC(C(O)(F)F)CC2)OC1. The summed E-state index contributed by atoms with van der Waals surface area (Å²) >= 11 is 0. The van der Waals surface area contributed by atoms with Gasteiger partial charge in [0.2, 0.25) is 0 Å². The van der Waals surface area contributed by atoms with Crippen LogP contribution in [0.2, 0.25) is 0 Å². The minimum atomic E-state index is -3.49. The standard InChI is InChI=1S/C13H22F2O2/c1-9-2-7-12(17-8-9)10-3-5-11(6-4-10)13(14,15)16/h9-12,16H,2-8H2,1H3. The molecule has 1 heterocycles. The van der Waals surface area contributed by atoms with Crippen molar-refractivity contribution in [2.45, 2.75) is 57.7 Å². The number of alkyl halides is 2. The summed E-state index contributed by atoms with van der Waals surface area (Å²) in [5, 5.41) is 8.71. The molecule has 2 fully saturated rings. The van der Waals surface area contributed by atoms with Gasteiger partial charge in [-0.15, -0.1) is 0 Å². The highest BCUT2D eigenvalue weighted by Crippen LogP contribution is 2.40. The summed E-state index contributed by atoms with van der Waals surface area (Å²) in [6.45, 7) is 2.99. The Bertz CT molecular complexity index is 236. The van der Waals surface area contributed by atoms with Crippen molar-refractivity contribution < 1.29 is 18.6 Å². The third kappa shape index (κ3) is 3.38. The molecule has 2 unspecified atom stereocenters. The Balaban J connectivity index is 1.79. The van der Waals surface area contributed by atoms with Gasteiger partial charge in [0, 0.05) is 6.61 Å². The van der Waals surface area contributed by atoms with E-state index in [9.17, 15) is 8.78 Å². The molecule has 17 heavy (non-hydrogen) atoms. The van der Waals surface area contributed by atoms with Crippen LogP contribution in [0.25, 0.3) is 0 Å². The lowest BCUT2D eigenvalue weighted by Gasteiger charge is -2.37. The first-order valence-electron chi connectivity index (χ1n) is 6.68. The van der Waals surface area contributed by atoms with Crippen LogP contribution in [0.3, 0.4) is 0 Å². The quantitative estimate of drug-likeness (QED) is 0.813. The molecule has 0 spiro atoms. The van der Waals surface area contributed by atoms with Crippen LogP contribution in [0.1, 0.15) is 45.4 Å². The third-order valence-corrected chi connectivity index (χ3v) is 4.33. The van der Waals surface area contributed by atoms with Crippen LogP contribution in [-0.4, -0.2) is 23.9 Å². The number of halogens is 2. The largest absolute Gasteiger partial charge is 0.378 e. The fraction of sp³-hybridized carbons (Fsp3) is 1.00. The van der Waals surface area contributed by atoms with Crippen molar-refractivity contribution in [2.75, 3.05) is 6.61 Å². The second-order valence-electron chi connectivity index (χ2n) is 5.75. The lowest BCUT2D eigenvalue weighted by atomic mass is 9.77. The zero-order valence-electron chi connectivity index (χ0n) is 10.4. The van der Waals surface area contributed by atoms with Gasteiger partial charge in [0.05, 0.1) is 12.0 Å². The summed E-state index contributed by atoms with van der Waals surface area (Å²) in [6.07, 6.45) is 1.38. The third-order valence-electron chi connectivity index (χ3n) is 4.33. The van der Waals surface area contributed by atoms with Crippen molar-refractivity contribution in [3.05, 3.63) is 0 Å². The molecule has 1 aliphatic carbocycles. The van der Waals surface area contributed by atoms with E-state index >= 15 is 0 Å². The van der Waals surface area contributed by atoms with Crippen LogP contribution in [0.4, 0.5) is 8.78 Å². The topological polar surface area (TPSA) is 29.5 Å². The van der Waals surface area contributed by atoms with Crippen LogP contribution >= 0.6 is 0 Å². The van der Waals surface area contributed by atoms with Crippen LogP contribution < -0.4 is 0 Å². The maximum atomic E-state index is 12.8. The molecular formula is C13H22F2O2. The van der Waals surface area contributed by atoms with Crippen molar-refractivity contribution in [1.29, 1.82) is 0 Å². The highest BCUT2D eigenvalue weighted by molar-refractivity contribution is 4.83. The summed E-state index contributed by atoms with van der Waals surface area (Å²) in [7, 11) is 0. The van der Waals surface area contributed by atoms with E-state index in [2.05, 4.69) is 6.92 Å². The maximum Gasteiger partial charge on any atom is 0.356 e. The molecule has 0 aromatic carbocycles. The van der Waals surface area contributed by atoms with Crippen LogP contribution in [0.5, 0.6) is 0 Å². The molecule has 0 bridgehead atoms. The Morgan fingerprint density at radius 3 is 2.18 bits per heavy atom. The average molecular weight is 248 g/mol. The Morgan fingerprint density at radius 1 is 1.06 bits per heavy atom. The molecule has 2 nitrogen and oxygen atoms in total. The molecule has 2 aliphatic rings. The zero-order valence-corrected chi connectivity index (χ0v) is 10.4. The molecule has 4 heteroatoms. The summed E-state index contributed by atoms with van der Waals surface area (Å²) in [5.74, 6) is 0.201. The first kappa shape index (κ1) is 13.2. The molecule has 0 aromatic heterocycles. The lowest BCUT2D eigenvalue weighted by molar-refractivity contribution is -0.245. The minimum Gasteiger partial charge on any atom is -0.378 e. The van der Waals surface area contributed by atoms with Gasteiger partial charge < -0.3 is 9.84 Å². The first-order valence-corrected chi connectivity index (χ1v) is 6.68. The van der Waals surface area contributed by atoms with Gasteiger partial charge in [-0.05, 0) is 50.4 Å². The molecule has 0 aromatic rings. The van der Waals surface area contributed by atoms with Gasteiger partial charge in [-0.2, -0.15) is 8.78 Å². The summed E-state index contributed by atoms with van der Waals surface area (Å²) in [5.41, 5.74) is 0. The number of aliphatic hydroxyl groups is 1. The summed E-state index contributed by atoms with van der Waals surface area (Å²) in [6, 6.07) is 0. The van der Waals surface area contributed by atoms with E-state index in [4.69, 9.17) is 9.84 Å². The minimum absolute atomic E-state index is 0.263. The fourth-order valence-corrected chi connectivity index (χ4v) is 3.11. The lowest BCUT2D eigenvalue weighted by Crippen LogP contribution is -2.37. The summed E-state index contributed by atoms with van der Waals surface area (Å²) in [4.78, 5) is 0. The molecule has 2 atom stereocenters. The second-order valence-corrected chi connectivity index (χ2v) is 5.75. The highest BCUT2D eigenvalue weighted by atomic mass is 19.3. The molecule has 1 aliphatic heterocycles. The molecule has 1 saturated heterocycles. The van der Waals surface area contributed by atoms with Crippen molar-refractivity contribution in [3.8, 4) is 0 Å². The van der Waals surface area contributed by atoms with Gasteiger partial charge in [0.25, 0.3) is 0 Å². The average Bonchev–Trinajstić information content (AvgIpc) is 2.29. The van der Waals surface area contributed by atoms with Crippen molar-refractivity contribution in [2.24, 2.45) is 17.8 Å². The number of ether oxygens (including phenoxy) is 1. The van der Waals surface area contributed by atoms with Gasteiger partial charge in [-0.1, -0.05) is 6.92 Å². The molecule has 0 radical (unpaired) electrons. The van der Waals surface area contributed by atoms with Gasteiger partial charge in [0.1, 0.15) is 0 Å². The van der Waals surface area contributed by atoms with E-state index in [1.165, 1.54) is 6.42 Å². The van der Waals surface area contributed by atoms with Gasteiger partial charge in [0.15, 0.2) is 0 Å². The van der Waals surface area contributed by atoms with Crippen molar-refractivity contribution >= 4 is 0 Å². The van der Waals surface area contributed by atoms with Crippen LogP contribution in [0.15, 0.2) is 0 Å². The Labute approximate surface area is 101 Å². The van der Waals surface area contributed by atoms with Crippen LogP contribution in [0, 0.1) is 17.8 Å². The smallest absolute Gasteiger partial charge is 0.356 e. The van der Waals surface area contributed by atoms with Gasteiger partial charge >= 0.3 is 6.11 Å². The first-order chi connectivity index (χ1) is 7.97. The molecular weight excluding hydrogens is 226 g/mol. The van der Waals surface area contributed by atoms with E-state index in [0.29, 0.717) is 24.7 Å². The van der Waals surface area contributed by atoms with E-state index in [-0.39, 0.29) is 6.10 Å². The monoisotopic (exact) mass is 248 g/mol. The predicted octanol–water partition coefficient (Wildman–Crippen LogP) is 3.19. The molecule has 2 rings (SSSR count). The van der Waals surface area contributed by atoms with Crippen molar-refractivity contribution in [3.63, 3.8) is 0 Å². The van der Waals surface area contributed by atoms with E-state index in [0.717, 1.165) is 25.9 Å². The molecule has 0 amide bonds. The summed E-state index contributed by atoms with van der Waals surface area (Å²) < 4.78 is 31.3. The Hall–Kier alpha value is -0.220. The van der Waals surface area contributed by atoms with Crippen LogP contribution in [-0.2, 0) is 4.74 Å². The van der Waals surface area contributed by atoms with Gasteiger partial charge in [-0.25, -0.2) is 0 Å². The molecule has 1 saturated carbocycles. The predicted molar refractivity (Wildman–Crippen MR) is 60.8 cm³/mol. The fourth-order valence-electron chi connectivity index (χ4n) is 3.11. The molecule has 1 N–H and O–H groups in total. The molecule has 100 valence electrons. The highest BCUT2D eigenvalue weighted by Gasteiger charge is 2.41. The Morgan fingerprint density at radius 2 is 1.71 bits per heavy atom. The normalized spacial score (nSPS) is 40.2.